The molecule has 1 aliphatic rings. The van der Waals surface area contributed by atoms with Crippen LogP contribution in [0.25, 0.3) is 11.5 Å². The average molecular weight is 348 g/mol. The number of aryl methyl sites for hydroxylation is 1. The van der Waals surface area contributed by atoms with E-state index in [1.54, 1.807) is 19.2 Å². The van der Waals surface area contributed by atoms with E-state index in [2.05, 4.69) is 9.88 Å². The van der Waals surface area contributed by atoms with Gasteiger partial charge in [-0.05, 0) is 44.5 Å². The van der Waals surface area contributed by atoms with Crippen molar-refractivity contribution in [2.24, 2.45) is 0 Å². The number of piperidine rings is 1. The third-order valence-electron chi connectivity index (χ3n) is 4.75. The first-order valence-electron chi connectivity index (χ1n) is 8.65. The summed E-state index contributed by atoms with van der Waals surface area (Å²) in [6.45, 7) is 4.43. The number of halogens is 1. The van der Waals surface area contributed by atoms with Crippen molar-refractivity contribution in [3.05, 3.63) is 35.5 Å². The van der Waals surface area contributed by atoms with Crippen LogP contribution in [0.4, 0.5) is 4.39 Å². The summed E-state index contributed by atoms with van der Waals surface area (Å²) in [5.74, 6) is 1.07. The van der Waals surface area contributed by atoms with Gasteiger partial charge in [-0.1, -0.05) is 6.42 Å². The fourth-order valence-electron chi connectivity index (χ4n) is 3.33. The molecule has 1 aliphatic heterocycles. The number of ether oxygens (including phenoxy) is 2. The minimum atomic E-state index is -0.398. The fraction of sp³-hybridized carbons (Fsp3) is 0.526. The maximum Gasteiger partial charge on any atom is 0.226 e. The molecule has 5 nitrogen and oxygen atoms in total. The Morgan fingerprint density at radius 2 is 2.16 bits per heavy atom. The Hall–Kier alpha value is -1.92. The molecule has 1 aromatic heterocycles. The lowest BCUT2D eigenvalue weighted by Crippen LogP contribution is -2.41. The van der Waals surface area contributed by atoms with Crippen molar-refractivity contribution in [1.29, 1.82) is 0 Å². The molecule has 0 N–H and O–H groups in total. The number of aromatic nitrogens is 1. The summed E-state index contributed by atoms with van der Waals surface area (Å²) >= 11 is 0. The lowest BCUT2D eigenvalue weighted by atomic mass is 10.0. The molecule has 3 rings (SSSR count). The molecule has 1 saturated heterocycles. The van der Waals surface area contributed by atoms with Crippen molar-refractivity contribution in [3.8, 4) is 17.2 Å². The van der Waals surface area contributed by atoms with E-state index in [9.17, 15) is 4.39 Å². The predicted molar refractivity (Wildman–Crippen MR) is 93.1 cm³/mol. The highest BCUT2D eigenvalue weighted by molar-refractivity contribution is 5.56. The van der Waals surface area contributed by atoms with E-state index >= 15 is 0 Å². The quantitative estimate of drug-likeness (QED) is 0.795. The molecule has 0 saturated carbocycles. The van der Waals surface area contributed by atoms with Crippen molar-refractivity contribution >= 4 is 0 Å². The average Bonchev–Trinajstić information content (AvgIpc) is 2.98. The van der Waals surface area contributed by atoms with E-state index in [0.29, 0.717) is 17.5 Å². The summed E-state index contributed by atoms with van der Waals surface area (Å²) < 4.78 is 29.8. The summed E-state index contributed by atoms with van der Waals surface area (Å²) in [5.41, 5.74) is 1.63. The molecule has 136 valence electrons. The second-order valence-electron chi connectivity index (χ2n) is 6.45. The van der Waals surface area contributed by atoms with Gasteiger partial charge in [0.25, 0.3) is 0 Å². The maximum atomic E-state index is 13.6. The monoisotopic (exact) mass is 348 g/mol. The second kappa shape index (κ2) is 7.97. The van der Waals surface area contributed by atoms with Crippen LogP contribution in [0.3, 0.4) is 0 Å². The summed E-state index contributed by atoms with van der Waals surface area (Å²) in [5, 5.41) is 0. The van der Waals surface area contributed by atoms with Gasteiger partial charge in [0.2, 0.25) is 5.89 Å². The molecule has 25 heavy (non-hydrogen) atoms. The lowest BCUT2D eigenvalue weighted by molar-refractivity contribution is 0.0590. The summed E-state index contributed by atoms with van der Waals surface area (Å²) in [6, 6.07) is 5.05. The zero-order valence-corrected chi connectivity index (χ0v) is 15.0. The van der Waals surface area contributed by atoms with Crippen LogP contribution in [0, 0.1) is 12.7 Å². The Morgan fingerprint density at radius 3 is 2.92 bits per heavy atom. The minimum absolute atomic E-state index is 0.186. The fourth-order valence-corrected chi connectivity index (χ4v) is 3.33. The second-order valence-corrected chi connectivity index (χ2v) is 6.45. The molecular weight excluding hydrogens is 323 g/mol. The molecule has 1 aromatic carbocycles. The first kappa shape index (κ1) is 17.9. The van der Waals surface area contributed by atoms with E-state index in [4.69, 9.17) is 13.9 Å². The highest BCUT2D eigenvalue weighted by atomic mass is 19.1. The molecule has 0 amide bonds. The van der Waals surface area contributed by atoms with E-state index in [0.717, 1.165) is 37.6 Å². The summed E-state index contributed by atoms with van der Waals surface area (Å²) in [7, 11) is 3.19. The number of hydrogen-bond acceptors (Lipinski definition) is 5. The van der Waals surface area contributed by atoms with Crippen LogP contribution in [-0.2, 0) is 11.3 Å². The van der Waals surface area contributed by atoms with Crippen molar-refractivity contribution in [2.45, 2.75) is 38.8 Å². The molecule has 1 atom stereocenters. The number of benzene rings is 1. The molecule has 2 aromatic rings. The van der Waals surface area contributed by atoms with E-state index in [1.165, 1.54) is 26.0 Å². The number of hydrogen-bond donors (Lipinski definition) is 0. The van der Waals surface area contributed by atoms with Gasteiger partial charge in [-0.25, -0.2) is 9.37 Å². The van der Waals surface area contributed by atoms with E-state index in [1.807, 2.05) is 6.92 Å². The Balaban J connectivity index is 1.80. The Morgan fingerprint density at radius 1 is 1.32 bits per heavy atom. The van der Waals surface area contributed by atoms with Gasteiger partial charge in [0.1, 0.15) is 5.76 Å². The number of nitrogens with zero attached hydrogens (tertiary/aromatic N) is 2. The normalized spacial score (nSPS) is 18.5. The van der Waals surface area contributed by atoms with Crippen molar-refractivity contribution in [1.82, 2.24) is 9.88 Å². The zero-order chi connectivity index (χ0) is 17.8. The van der Waals surface area contributed by atoms with Gasteiger partial charge in [-0.15, -0.1) is 0 Å². The molecule has 1 fully saturated rings. The number of methoxy groups -OCH3 is 2. The van der Waals surface area contributed by atoms with E-state index < -0.39 is 5.82 Å². The van der Waals surface area contributed by atoms with Crippen LogP contribution < -0.4 is 4.74 Å². The molecule has 2 heterocycles. The summed E-state index contributed by atoms with van der Waals surface area (Å²) in [6.07, 6.45) is 3.58. The third kappa shape index (κ3) is 4.02. The van der Waals surface area contributed by atoms with Gasteiger partial charge >= 0.3 is 0 Å². The Bertz CT molecular complexity index is 715. The largest absolute Gasteiger partial charge is 0.494 e. The smallest absolute Gasteiger partial charge is 0.226 e. The number of rotatable bonds is 6. The lowest BCUT2D eigenvalue weighted by Gasteiger charge is -2.34. The van der Waals surface area contributed by atoms with Crippen LogP contribution in [0.15, 0.2) is 22.6 Å². The molecule has 6 heteroatoms. The van der Waals surface area contributed by atoms with Crippen LogP contribution >= 0.6 is 0 Å². The zero-order valence-electron chi connectivity index (χ0n) is 15.0. The van der Waals surface area contributed by atoms with Crippen molar-refractivity contribution < 1.29 is 18.3 Å². The van der Waals surface area contributed by atoms with Crippen molar-refractivity contribution in [3.63, 3.8) is 0 Å². The number of likely N-dealkylation sites (tertiary alicyclic amines) is 1. The summed E-state index contributed by atoms with van der Waals surface area (Å²) in [4.78, 5) is 7.06. The van der Waals surface area contributed by atoms with Gasteiger partial charge < -0.3 is 13.9 Å². The highest BCUT2D eigenvalue weighted by Gasteiger charge is 2.24. The Kier molecular flexibility index (Phi) is 5.71. The highest BCUT2D eigenvalue weighted by Crippen LogP contribution is 2.28. The maximum absolute atomic E-state index is 13.6. The van der Waals surface area contributed by atoms with Crippen molar-refractivity contribution in [2.75, 3.05) is 27.4 Å². The van der Waals surface area contributed by atoms with Crippen LogP contribution in [0.2, 0.25) is 0 Å². The third-order valence-corrected chi connectivity index (χ3v) is 4.75. The topological polar surface area (TPSA) is 47.7 Å². The molecule has 0 radical (unpaired) electrons. The van der Waals surface area contributed by atoms with Crippen LogP contribution in [0.5, 0.6) is 5.75 Å². The Labute approximate surface area is 147 Å². The van der Waals surface area contributed by atoms with Gasteiger partial charge in [0.15, 0.2) is 11.6 Å². The SMILES string of the molecule is COCC1CCCCN1Cc1nc(-c2ccc(F)c(OC)c2)oc1C. The molecule has 1 unspecified atom stereocenters. The van der Waals surface area contributed by atoms with Gasteiger partial charge in [-0.2, -0.15) is 0 Å². The molecular formula is C19H25FN2O3. The molecule has 0 bridgehead atoms. The standard InChI is InChI=1S/C19H25FN2O3/c1-13-17(11-22-9-5-4-6-15(22)12-23-2)21-19(25-13)14-7-8-16(20)18(10-14)24-3/h7-8,10,15H,4-6,9,11-12H2,1-3H3. The predicted octanol–water partition coefficient (Wildman–Crippen LogP) is 3.80. The molecule has 0 spiro atoms. The minimum Gasteiger partial charge on any atom is -0.494 e. The van der Waals surface area contributed by atoms with Gasteiger partial charge in [0, 0.05) is 25.3 Å². The van der Waals surface area contributed by atoms with Crippen LogP contribution in [-0.4, -0.2) is 43.3 Å². The first-order valence-corrected chi connectivity index (χ1v) is 8.65. The molecule has 0 aliphatic carbocycles. The van der Waals surface area contributed by atoms with E-state index in [-0.39, 0.29) is 5.75 Å². The van der Waals surface area contributed by atoms with Gasteiger partial charge in [0.05, 0.1) is 19.4 Å². The first-order chi connectivity index (χ1) is 12.1. The number of oxazole rings is 1. The van der Waals surface area contributed by atoms with Gasteiger partial charge in [-0.3, -0.25) is 4.90 Å². The van der Waals surface area contributed by atoms with Crippen LogP contribution in [0.1, 0.15) is 30.7 Å².